The van der Waals surface area contributed by atoms with Crippen molar-refractivity contribution >= 4 is 11.4 Å². The molecule has 0 atom stereocenters. The first-order valence-electron chi connectivity index (χ1n) is 12.2. The second-order valence-electron chi connectivity index (χ2n) is 9.10. The number of ether oxygens (including phenoxy) is 4. The summed E-state index contributed by atoms with van der Waals surface area (Å²) in [5.41, 5.74) is -5.08. The predicted octanol–water partition coefficient (Wildman–Crippen LogP) is 7.50. The molecule has 242 valence electrons. The van der Waals surface area contributed by atoms with E-state index in [0.717, 1.165) is 0 Å². The van der Waals surface area contributed by atoms with Gasteiger partial charge in [-0.05, 0) is 35.4 Å². The number of allylic oxidation sites excluding steroid dienone is 2. The van der Waals surface area contributed by atoms with E-state index in [4.69, 9.17) is 9.47 Å². The van der Waals surface area contributed by atoms with Crippen LogP contribution in [0.25, 0.3) is 22.3 Å². The minimum atomic E-state index is -5.53. The smallest absolute Gasteiger partial charge is 0.436 e. The maximum atomic E-state index is 14.9. The van der Waals surface area contributed by atoms with Crippen LogP contribution in [0, 0.1) is 68.6 Å². The van der Waals surface area contributed by atoms with Crippen LogP contribution in [0.4, 0.5) is 55.3 Å². The van der Waals surface area contributed by atoms with Crippen LogP contribution < -0.4 is 29.6 Å². The number of nitrogens with zero attached hydrogens (tertiary/aromatic N) is 4. The molecule has 2 heterocycles. The molecule has 0 saturated carbocycles. The monoisotopic (exact) mass is 680 g/mol. The molecule has 0 fully saturated rings. The number of halogens is 10. The molecule has 2 aliphatic heterocycles. The first kappa shape index (κ1) is 32.6. The lowest BCUT2D eigenvalue weighted by molar-refractivity contribution is -0.277. The van der Waals surface area contributed by atoms with Crippen LogP contribution in [0.5, 0.6) is 23.0 Å². The molecule has 48 heavy (non-hydrogen) atoms. The summed E-state index contributed by atoms with van der Waals surface area (Å²) in [4.78, 5) is 0. The molecule has 10 nitrogen and oxygen atoms in total. The maximum absolute atomic E-state index is 14.9. The van der Waals surface area contributed by atoms with Crippen molar-refractivity contribution in [2.75, 3.05) is 10.6 Å². The largest absolute Gasteiger partial charge is 0.573 e. The number of hydrogen-bond acceptors (Lipinski definition) is 10. The first-order valence-corrected chi connectivity index (χ1v) is 12.2. The number of nitrogens with one attached hydrogen (secondary N) is 2. The minimum Gasteiger partial charge on any atom is -0.436 e. The summed E-state index contributed by atoms with van der Waals surface area (Å²) in [5, 5.41) is 42.4. The molecule has 0 saturated heterocycles. The van der Waals surface area contributed by atoms with Crippen LogP contribution >= 0.6 is 0 Å². The fourth-order valence-corrected chi connectivity index (χ4v) is 4.49. The Balaban J connectivity index is 1.88. The molecular weight excluding hydrogens is 674 g/mol. The van der Waals surface area contributed by atoms with E-state index in [9.17, 15) is 65.0 Å². The zero-order chi connectivity index (χ0) is 35.3. The van der Waals surface area contributed by atoms with Gasteiger partial charge in [-0.1, -0.05) is 0 Å². The Kier molecular flexibility index (Phi) is 7.83. The topological polar surface area (TPSA) is 156 Å². The molecule has 3 aromatic carbocycles. The zero-order valence-corrected chi connectivity index (χ0v) is 22.5. The van der Waals surface area contributed by atoms with Crippen LogP contribution in [0.2, 0.25) is 0 Å². The van der Waals surface area contributed by atoms with E-state index in [2.05, 4.69) is 20.1 Å². The third kappa shape index (κ3) is 5.81. The highest BCUT2D eigenvalue weighted by molar-refractivity contribution is 6.05. The Labute approximate surface area is 259 Å². The summed E-state index contributed by atoms with van der Waals surface area (Å²) in [5.74, 6) is -14.1. The van der Waals surface area contributed by atoms with Crippen molar-refractivity contribution in [2.45, 2.75) is 12.7 Å². The van der Waals surface area contributed by atoms with Crippen LogP contribution in [0.1, 0.15) is 0 Å². The van der Waals surface area contributed by atoms with Crippen molar-refractivity contribution in [3.8, 4) is 69.5 Å². The highest BCUT2D eigenvalue weighted by Gasteiger charge is 2.41. The molecule has 0 amide bonds. The van der Waals surface area contributed by atoms with Crippen LogP contribution in [-0.2, 0) is 0 Å². The maximum Gasteiger partial charge on any atom is 0.573 e. The van der Waals surface area contributed by atoms with Gasteiger partial charge in [0.15, 0.2) is 45.9 Å². The van der Waals surface area contributed by atoms with Gasteiger partial charge in [0.1, 0.15) is 24.3 Å². The Morgan fingerprint density at radius 3 is 1.10 bits per heavy atom. The van der Waals surface area contributed by atoms with Gasteiger partial charge >= 0.3 is 12.7 Å². The van der Waals surface area contributed by atoms with Crippen LogP contribution in [0.3, 0.4) is 0 Å². The predicted molar refractivity (Wildman–Crippen MR) is 136 cm³/mol. The Morgan fingerprint density at radius 1 is 0.562 bits per heavy atom. The Morgan fingerprint density at radius 2 is 0.854 bits per heavy atom. The van der Waals surface area contributed by atoms with Gasteiger partial charge in [0.05, 0.1) is 22.5 Å². The molecule has 3 aromatic rings. The molecule has 20 heteroatoms. The summed E-state index contributed by atoms with van der Waals surface area (Å²) in [6.07, 6.45) is -11.1. The van der Waals surface area contributed by atoms with Crippen molar-refractivity contribution in [2.24, 2.45) is 0 Å². The second-order valence-corrected chi connectivity index (χ2v) is 9.10. The Bertz CT molecular complexity index is 1890. The van der Waals surface area contributed by atoms with Crippen molar-refractivity contribution in [3.63, 3.8) is 0 Å². The summed E-state index contributed by atoms with van der Waals surface area (Å²) >= 11 is 0. The van der Waals surface area contributed by atoms with Crippen LogP contribution in [0.15, 0.2) is 47.2 Å². The van der Waals surface area contributed by atoms with Gasteiger partial charge in [0.25, 0.3) is 0 Å². The Hall–Kier alpha value is -6.80. The lowest BCUT2D eigenvalue weighted by Crippen LogP contribution is -2.19. The highest BCUT2D eigenvalue weighted by atomic mass is 19.4. The van der Waals surface area contributed by atoms with E-state index in [1.165, 1.54) is 24.3 Å². The third-order valence-corrected chi connectivity index (χ3v) is 6.20. The molecule has 2 N–H and O–H groups in total. The molecule has 0 unspecified atom stereocenters. The molecule has 0 aliphatic carbocycles. The average Bonchev–Trinajstić information content (AvgIpc) is 3.60. The van der Waals surface area contributed by atoms with Crippen LogP contribution in [-0.4, -0.2) is 12.7 Å². The van der Waals surface area contributed by atoms with Gasteiger partial charge < -0.3 is 29.6 Å². The van der Waals surface area contributed by atoms with E-state index in [1.54, 1.807) is 0 Å². The molecule has 0 aromatic heterocycles. The fraction of sp³-hybridized carbons (Fsp3) is 0.0714. The number of anilines is 2. The minimum absolute atomic E-state index is 0.321. The molecule has 2 aliphatic rings. The van der Waals surface area contributed by atoms with Gasteiger partial charge in [-0.3, -0.25) is 0 Å². The SMILES string of the molecule is N#CC(C#N)=C1Nc2c(c(-c3cc(F)c(OC(F)(F)F)c(F)c3)c3c(c2-c2cc(F)c(OC(F)(F)F)c(F)c2)OC(=C(C#N)C#N)N3)O1. The number of fused-ring (bicyclic) bond motifs is 2. The van der Waals surface area contributed by atoms with E-state index in [-0.39, 0.29) is 0 Å². The van der Waals surface area contributed by atoms with Crippen molar-refractivity contribution < 1.29 is 62.9 Å². The van der Waals surface area contributed by atoms with E-state index < -0.39 is 116 Å². The molecular formula is C28H6F10N6O4. The summed E-state index contributed by atoms with van der Waals surface area (Å²) in [6, 6.07) is 7.10. The average molecular weight is 680 g/mol. The van der Waals surface area contributed by atoms with Gasteiger partial charge in [-0.25, -0.2) is 17.6 Å². The normalized spacial score (nSPS) is 12.9. The standard InChI is InChI=1S/C28H6F10N6O4/c29-13-1-9(2-14(30)21(13)47-27(33,34)35)17-19-24(46-25(43-19)11(5-39)6-40)18(20-23(17)45-26(44-20)12(7-41)8-42)10-3-15(31)22(16(32)4-10)48-28(36,37)38/h1-4,43-44H. The highest BCUT2D eigenvalue weighted by Crippen LogP contribution is 2.60. The number of benzene rings is 3. The van der Waals surface area contributed by atoms with E-state index in [1.807, 2.05) is 0 Å². The van der Waals surface area contributed by atoms with E-state index in [0.29, 0.717) is 24.3 Å². The fourth-order valence-electron chi connectivity index (χ4n) is 4.49. The van der Waals surface area contributed by atoms with Crippen molar-refractivity contribution in [1.29, 1.82) is 21.0 Å². The van der Waals surface area contributed by atoms with E-state index >= 15 is 0 Å². The van der Waals surface area contributed by atoms with Gasteiger partial charge in [0, 0.05) is 0 Å². The summed E-state index contributed by atoms with van der Waals surface area (Å²) < 4.78 is 154. The molecule has 0 bridgehead atoms. The van der Waals surface area contributed by atoms with Gasteiger partial charge in [-0.2, -0.15) is 21.0 Å². The quantitative estimate of drug-likeness (QED) is 0.209. The lowest BCUT2D eigenvalue weighted by atomic mass is 9.93. The number of hydrogen-bond donors (Lipinski definition) is 2. The number of nitriles is 4. The third-order valence-electron chi connectivity index (χ3n) is 6.20. The summed E-state index contributed by atoms with van der Waals surface area (Å²) in [7, 11) is 0. The number of rotatable bonds is 4. The zero-order valence-electron chi connectivity index (χ0n) is 22.5. The lowest BCUT2D eigenvalue weighted by Gasteiger charge is -2.18. The molecule has 5 rings (SSSR count). The van der Waals surface area contributed by atoms with Gasteiger partial charge in [0.2, 0.25) is 23.3 Å². The summed E-state index contributed by atoms with van der Waals surface area (Å²) in [6.45, 7) is 0. The molecule has 0 radical (unpaired) electrons. The van der Waals surface area contributed by atoms with Gasteiger partial charge in [-0.15, -0.1) is 26.3 Å². The number of alkyl halides is 6. The van der Waals surface area contributed by atoms with Crippen molar-refractivity contribution in [1.82, 2.24) is 0 Å². The first-order chi connectivity index (χ1) is 22.5. The molecule has 0 spiro atoms. The second kappa shape index (κ2) is 11.5. The van der Waals surface area contributed by atoms with Crippen molar-refractivity contribution in [3.05, 3.63) is 70.4 Å².